The van der Waals surface area contributed by atoms with E-state index in [4.69, 9.17) is 4.74 Å². The van der Waals surface area contributed by atoms with Crippen molar-refractivity contribution in [2.75, 3.05) is 11.9 Å². The van der Waals surface area contributed by atoms with Gasteiger partial charge in [0.25, 0.3) is 0 Å². The van der Waals surface area contributed by atoms with E-state index < -0.39 is 0 Å². The molecule has 0 bridgehead atoms. The fourth-order valence-electron chi connectivity index (χ4n) is 2.24. The molecule has 1 aliphatic carbocycles. The summed E-state index contributed by atoms with van der Waals surface area (Å²) in [5, 5.41) is 3.47. The van der Waals surface area contributed by atoms with E-state index in [1.807, 2.05) is 31.2 Å². The van der Waals surface area contributed by atoms with Crippen molar-refractivity contribution in [3.05, 3.63) is 29.8 Å². The number of carbonyl (C=O) groups excluding carboxylic acids is 1. The molecule has 2 rings (SSSR count). The van der Waals surface area contributed by atoms with Crippen LogP contribution < -0.4 is 5.32 Å². The lowest BCUT2D eigenvalue weighted by molar-refractivity contribution is 0.0505. The predicted molar refractivity (Wildman–Crippen MR) is 72.8 cm³/mol. The van der Waals surface area contributed by atoms with Gasteiger partial charge in [0.15, 0.2) is 0 Å². The number of hydrogen-bond donors (Lipinski definition) is 1. The molecule has 18 heavy (non-hydrogen) atoms. The number of carbonyl (C=O) groups is 1. The highest BCUT2D eigenvalue weighted by Gasteiger charge is 2.24. The fourth-order valence-corrected chi connectivity index (χ4v) is 2.24. The van der Waals surface area contributed by atoms with Gasteiger partial charge in [-0.1, -0.05) is 13.8 Å². The molecular weight excluding hydrogens is 226 g/mol. The lowest BCUT2D eigenvalue weighted by atomic mass is 9.82. The standard InChI is InChI=1S/C15H21NO2/c1-3-8-18-15(17)12-4-6-13(7-5-12)16-14-9-11(2)10-14/h4-7,11,14,16H,3,8-10H2,1-2H3. The van der Waals surface area contributed by atoms with Gasteiger partial charge in [-0.15, -0.1) is 0 Å². The van der Waals surface area contributed by atoms with E-state index in [9.17, 15) is 4.79 Å². The van der Waals surface area contributed by atoms with E-state index in [2.05, 4.69) is 12.2 Å². The molecule has 0 spiro atoms. The van der Waals surface area contributed by atoms with Crippen LogP contribution in [0.2, 0.25) is 0 Å². The number of nitrogens with one attached hydrogen (secondary N) is 1. The van der Waals surface area contributed by atoms with Gasteiger partial charge < -0.3 is 10.1 Å². The zero-order valence-electron chi connectivity index (χ0n) is 11.1. The van der Waals surface area contributed by atoms with Gasteiger partial charge in [0.1, 0.15) is 0 Å². The first-order valence-corrected chi connectivity index (χ1v) is 6.72. The molecule has 1 aromatic carbocycles. The second-order valence-corrected chi connectivity index (χ2v) is 5.13. The maximum Gasteiger partial charge on any atom is 0.338 e. The number of esters is 1. The van der Waals surface area contributed by atoms with Gasteiger partial charge in [0, 0.05) is 11.7 Å². The predicted octanol–water partition coefficient (Wildman–Crippen LogP) is 3.46. The monoisotopic (exact) mass is 247 g/mol. The SMILES string of the molecule is CCCOC(=O)c1ccc(NC2CC(C)C2)cc1. The van der Waals surface area contributed by atoms with Crippen molar-refractivity contribution in [1.82, 2.24) is 0 Å². The van der Waals surface area contributed by atoms with Gasteiger partial charge in [0.05, 0.1) is 12.2 Å². The fraction of sp³-hybridized carbons (Fsp3) is 0.533. The summed E-state index contributed by atoms with van der Waals surface area (Å²) >= 11 is 0. The molecule has 3 heteroatoms. The third-order valence-corrected chi connectivity index (χ3v) is 3.30. The maximum atomic E-state index is 11.6. The van der Waals surface area contributed by atoms with Gasteiger partial charge in [-0.3, -0.25) is 0 Å². The molecule has 1 saturated carbocycles. The smallest absolute Gasteiger partial charge is 0.338 e. The Morgan fingerprint density at radius 1 is 1.33 bits per heavy atom. The lowest BCUT2D eigenvalue weighted by Gasteiger charge is -2.34. The van der Waals surface area contributed by atoms with Gasteiger partial charge in [-0.05, 0) is 49.4 Å². The molecule has 1 N–H and O–H groups in total. The Bertz CT molecular complexity index is 393. The third kappa shape index (κ3) is 3.25. The quantitative estimate of drug-likeness (QED) is 0.810. The van der Waals surface area contributed by atoms with E-state index >= 15 is 0 Å². The first-order valence-electron chi connectivity index (χ1n) is 6.72. The zero-order chi connectivity index (χ0) is 13.0. The number of anilines is 1. The summed E-state index contributed by atoms with van der Waals surface area (Å²) in [5.41, 5.74) is 1.70. The third-order valence-electron chi connectivity index (χ3n) is 3.30. The van der Waals surface area contributed by atoms with E-state index in [0.717, 1.165) is 18.0 Å². The number of benzene rings is 1. The van der Waals surface area contributed by atoms with Crippen LogP contribution in [0.4, 0.5) is 5.69 Å². The molecule has 0 saturated heterocycles. The second kappa shape index (κ2) is 5.89. The van der Waals surface area contributed by atoms with Crippen LogP contribution in [0.3, 0.4) is 0 Å². The van der Waals surface area contributed by atoms with Crippen molar-refractivity contribution in [3.8, 4) is 0 Å². The molecule has 98 valence electrons. The molecule has 1 aromatic rings. The summed E-state index contributed by atoms with van der Waals surface area (Å²) in [6, 6.07) is 8.14. The Hall–Kier alpha value is -1.51. The van der Waals surface area contributed by atoms with Crippen LogP contribution >= 0.6 is 0 Å². The minimum atomic E-state index is -0.235. The topological polar surface area (TPSA) is 38.3 Å². The van der Waals surface area contributed by atoms with Crippen molar-refractivity contribution in [2.24, 2.45) is 5.92 Å². The van der Waals surface area contributed by atoms with Gasteiger partial charge >= 0.3 is 5.97 Å². The van der Waals surface area contributed by atoms with Crippen molar-refractivity contribution in [1.29, 1.82) is 0 Å². The number of hydrogen-bond acceptors (Lipinski definition) is 3. The highest BCUT2D eigenvalue weighted by atomic mass is 16.5. The summed E-state index contributed by atoms with van der Waals surface area (Å²) in [7, 11) is 0. The van der Waals surface area contributed by atoms with E-state index in [-0.39, 0.29) is 5.97 Å². The zero-order valence-corrected chi connectivity index (χ0v) is 11.1. The normalized spacial score (nSPS) is 22.1. The van der Waals surface area contributed by atoms with Crippen LogP contribution in [0.15, 0.2) is 24.3 Å². The molecule has 1 fully saturated rings. The molecule has 0 radical (unpaired) electrons. The Labute approximate surface area is 109 Å². The van der Waals surface area contributed by atoms with Crippen LogP contribution in [0.5, 0.6) is 0 Å². The van der Waals surface area contributed by atoms with Crippen molar-refractivity contribution >= 4 is 11.7 Å². The Morgan fingerprint density at radius 3 is 2.56 bits per heavy atom. The number of rotatable bonds is 5. The lowest BCUT2D eigenvalue weighted by Crippen LogP contribution is -2.33. The van der Waals surface area contributed by atoms with Crippen molar-refractivity contribution in [3.63, 3.8) is 0 Å². The second-order valence-electron chi connectivity index (χ2n) is 5.13. The summed E-state index contributed by atoms with van der Waals surface area (Å²) in [6.45, 7) is 4.74. The van der Waals surface area contributed by atoms with E-state index in [0.29, 0.717) is 18.2 Å². The molecule has 0 aliphatic heterocycles. The van der Waals surface area contributed by atoms with Gasteiger partial charge in [-0.2, -0.15) is 0 Å². The van der Waals surface area contributed by atoms with Crippen molar-refractivity contribution < 1.29 is 9.53 Å². The summed E-state index contributed by atoms with van der Waals surface area (Å²) in [6.07, 6.45) is 3.33. The molecule has 0 heterocycles. The average Bonchev–Trinajstić information content (AvgIpc) is 2.35. The molecular formula is C15H21NO2. The van der Waals surface area contributed by atoms with Gasteiger partial charge in [0.2, 0.25) is 0 Å². The number of ether oxygens (including phenoxy) is 1. The molecule has 0 unspecified atom stereocenters. The maximum absolute atomic E-state index is 11.6. The Balaban J connectivity index is 1.87. The molecule has 0 amide bonds. The van der Waals surface area contributed by atoms with Crippen LogP contribution in [0.1, 0.15) is 43.5 Å². The minimum Gasteiger partial charge on any atom is -0.462 e. The molecule has 0 aromatic heterocycles. The summed E-state index contributed by atoms with van der Waals surface area (Å²) in [5.74, 6) is 0.603. The largest absolute Gasteiger partial charge is 0.462 e. The molecule has 0 atom stereocenters. The van der Waals surface area contributed by atoms with Crippen LogP contribution in [-0.4, -0.2) is 18.6 Å². The van der Waals surface area contributed by atoms with Gasteiger partial charge in [-0.25, -0.2) is 4.79 Å². The van der Waals surface area contributed by atoms with E-state index in [1.54, 1.807) is 0 Å². The highest BCUT2D eigenvalue weighted by molar-refractivity contribution is 5.89. The van der Waals surface area contributed by atoms with Crippen molar-refractivity contribution in [2.45, 2.75) is 39.2 Å². The first kappa shape index (κ1) is 12.9. The minimum absolute atomic E-state index is 0.235. The molecule has 3 nitrogen and oxygen atoms in total. The molecule has 1 aliphatic rings. The average molecular weight is 247 g/mol. The van der Waals surface area contributed by atoms with Crippen LogP contribution in [-0.2, 0) is 4.74 Å². The summed E-state index contributed by atoms with van der Waals surface area (Å²) in [4.78, 5) is 11.6. The Kier molecular flexibility index (Phi) is 4.24. The highest BCUT2D eigenvalue weighted by Crippen LogP contribution is 2.29. The van der Waals surface area contributed by atoms with Crippen LogP contribution in [0.25, 0.3) is 0 Å². The van der Waals surface area contributed by atoms with E-state index in [1.165, 1.54) is 12.8 Å². The summed E-state index contributed by atoms with van der Waals surface area (Å²) < 4.78 is 5.09. The first-order chi connectivity index (χ1) is 8.69. The van der Waals surface area contributed by atoms with Crippen LogP contribution in [0, 0.1) is 5.92 Å². The Morgan fingerprint density at radius 2 is 2.00 bits per heavy atom.